The normalized spacial score (nSPS) is 9.88. The largest absolute Gasteiger partial charge is 0.507 e. The van der Waals surface area contributed by atoms with Crippen LogP contribution in [0.25, 0.3) is 5.57 Å². The fourth-order valence-corrected chi connectivity index (χ4v) is 1.50. The summed E-state index contributed by atoms with van der Waals surface area (Å²) in [5.41, 5.74) is 1.22. The van der Waals surface area contributed by atoms with E-state index >= 15 is 0 Å². The molecule has 1 N–H and O–H groups in total. The van der Waals surface area contributed by atoms with Gasteiger partial charge in [-0.3, -0.25) is 9.78 Å². The van der Waals surface area contributed by atoms with E-state index in [0.29, 0.717) is 11.1 Å². The number of ketones is 1. The molecule has 0 spiro atoms. The highest BCUT2D eigenvalue weighted by Gasteiger charge is 2.15. The third kappa shape index (κ3) is 2.23. The van der Waals surface area contributed by atoms with Crippen molar-refractivity contribution >= 4 is 11.4 Å². The fourth-order valence-electron chi connectivity index (χ4n) is 1.50. The lowest BCUT2D eigenvalue weighted by Crippen LogP contribution is -2.02. The van der Waals surface area contributed by atoms with E-state index in [0.717, 1.165) is 0 Å². The number of hydrogen-bond acceptors (Lipinski definition) is 3. The van der Waals surface area contributed by atoms with Crippen LogP contribution in [0.5, 0.6) is 5.75 Å². The Morgan fingerprint density at radius 1 is 1.18 bits per heavy atom. The highest BCUT2D eigenvalue weighted by Crippen LogP contribution is 2.23. The van der Waals surface area contributed by atoms with Crippen molar-refractivity contribution in [1.82, 2.24) is 4.98 Å². The average Bonchev–Trinajstić information content (AvgIpc) is 2.39. The van der Waals surface area contributed by atoms with Crippen molar-refractivity contribution in [3.8, 4) is 5.75 Å². The maximum Gasteiger partial charge on any atom is 0.196 e. The average molecular weight is 225 g/mol. The zero-order valence-corrected chi connectivity index (χ0v) is 9.13. The van der Waals surface area contributed by atoms with E-state index in [1.54, 1.807) is 42.7 Å². The Morgan fingerprint density at radius 2 is 1.94 bits per heavy atom. The summed E-state index contributed by atoms with van der Waals surface area (Å²) < 4.78 is 0. The Hall–Kier alpha value is -2.42. The van der Waals surface area contributed by atoms with Crippen LogP contribution in [0, 0.1) is 0 Å². The van der Waals surface area contributed by atoms with Gasteiger partial charge in [0, 0.05) is 23.5 Å². The van der Waals surface area contributed by atoms with Crippen LogP contribution >= 0.6 is 0 Å². The molecule has 1 heterocycles. The third-order valence-electron chi connectivity index (χ3n) is 2.43. The van der Waals surface area contributed by atoms with E-state index in [9.17, 15) is 9.90 Å². The standard InChI is InChI=1S/C14H11NO2/c1-10(11-5-4-8-15-9-11)14(17)12-6-2-3-7-13(12)16/h2-9,16H,1H2. The van der Waals surface area contributed by atoms with Gasteiger partial charge < -0.3 is 5.11 Å². The molecule has 0 bridgehead atoms. The lowest BCUT2D eigenvalue weighted by molar-refractivity contribution is 0.105. The molecule has 0 atom stereocenters. The van der Waals surface area contributed by atoms with Crippen LogP contribution in [0.4, 0.5) is 0 Å². The molecule has 0 amide bonds. The Morgan fingerprint density at radius 3 is 2.59 bits per heavy atom. The fraction of sp³-hybridized carbons (Fsp3) is 0. The van der Waals surface area contributed by atoms with Gasteiger partial charge in [0.25, 0.3) is 0 Å². The first-order valence-electron chi connectivity index (χ1n) is 5.12. The summed E-state index contributed by atoms with van der Waals surface area (Å²) >= 11 is 0. The van der Waals surface area contributed by atoms with E-state index in [2.05, 4.69) is 11.6 Å². The molecule has 3 heteroatoms. The molecule has 1 aromatic carbocycles. The summed E-state index contributed by atoms with van der Waals surface area (Å²) in [6, 6.07) is 9.90. The highest BCUT2D eigenvalue weighted by atomic mass is 16.3. The number of allylic oxidation sites excluding steroid dienone is 1. The number of Topliss-reactive ketones (excluding diaryl/α,β-unsaturated/α-hetero) is 1. The van der Waals surface area contributed by atoms with Gasteiger partial charge in [0.2, 0.25) is 0 Å². The number of hydrogen-bond donors (Lipinski definition) is 1. The van der Waals surface area contributed by atoms with Crippen molar-refractivity contribution in [3.05, 3.63) is 66.5 Å². The predicted molar refractivity (Wildman–Crippen MR) is 65.7 cm³/mol. The van der Waals surface area contributed by atoms with E-state index in [-0.39, 0.29) is 17.1 Å². The lowest BCUT2D eigenvalue weighted by atomic mass is 9.99. The van der Waals surface area contributed by atoms with Gasteiger partial charge in [-0.1, -0.05) is 24.8 Å². The zero-order chi connectivity index (χ0) is 12.3. The van der Waals surface area contributed by atoms with Gasteiger partial charge in [0.05, 0.1) is 5.56 Å². The number of para-hydroxylation sites is 1. The number of aromatic nitrogens is 1. The second kappa shape index (κ2) is 4.61. The quantitative estimate of drug-likeness (QED) is 0.645. The molecule has 1 aromatic heterocycles. The first-order valence-corrected chi connectivity index (χ1v) is 5.12. The van der Waals surface area contributed by atoms with Crippen molar-refractivity contribution in [1.29, 1.82) is 0 Å². The summed E-state index contributed by atoms with van der Waals surface area (Å²) in [4.78, 5) is 16.0. The molecular formula is C14H11NO2. The maximum absolute atomic E-state index is 12.1. The molecule has 0 aliphatic heterocycles. The minimum Gasteiger partial charge on any atom is -0.507 e. The molecule has 84 valence electrons. The number of benzene rings is 1. The van der Waals surface area contributed by atoms with Crippen LogP contribution in [0.3, 0.4) is 0 Å². The summed E-state index contributed by atoms with van der Waals surface area (Å²) in [6.07, 6.45) is 3.20. The van der Waals surface area contributed by atoms with Gasteiger partial charge in [-0.2, -0.15) is 0 Å². The maximum atomic E-state index is 12.1. The van der Waals surface area contributed by atoms with Gasteiger partial charge in [0.15, 0.2) is 5.78 Å². The van der Waals surface area contributed by atoms with E-state index < -0.39 is 0 Å². The Labute approximate surface area is 99.1 Å². The van der Waals surface area contributed by atoms with Crippen LogP contribution in [0.1, 0.15) is 15.9 Å². The minimum atomic E-state index is -0.295. The molecule has 0 radical (unpaired) electrons. The van der Waals surface area contributed by atoms with Crippen LogP contribution in [0.15, 0.2) is 55.4 Å². The van der Waals surface area contributed by atoms with Crippen LogP contribution in [-0.4, -0.2) is 15.9 Å². The summed E-state index contributed by atoms with van der Waals surface area (Å²) in [6.45, 7) is 3.74. The molecule has 3 nitrogen and oxygen atoms in total. The molecule has 0 saturated heterocycles. The van der Waals surface area contributed by atoms with E-state index in [1.165, 1.54) is 6.07 Å². The highest BCUT2D eigenvalue weighted by molar-refractivity contribution is 6.29. The van der Waals surface area contributed by atoms with Gasteiger partial charge in [-0.25, -0.2) is 0 Å². The predicted octanol–water partition coefficient (Wildman–Crippen LogP) is 2.68. The first kappa shape index (κ1) is 11.1. The van der Waals surface area contributed by atoms with Gasteiger partial charge >= 0.3 is 0 Å². The minimum absolute atomic E-state index is 0.0393. The molecule has 0 aliphatic rings. The van der Waals surface area contributed by atoms with Crippen LogP contribution in [-0.2, 0) is 0 Å². The Bertz CT molecular complexity index is 561. The molecular weight excluding hydrogens is 214 g/mol. The second-order valence-electron chi connectivity index (χ2n) is 3.57. The third-order valence-corrected chi connectivity index (χ3v) is 2.43. The Kier molecular flexibility index (Phi) is 3.01. The summed E-state index contributed by atoms with van der Waals surface area (Å²) in [5, 5.41) is 9.60. The van der Waals surface area contributed by atoms with E-state index in [4.69, 9.17) is 0 Å². The molecule has 2 aromatic rings. The number of pyridine rings is 1. The molecule has 2 rings (SSSR count). The van der Waals surface area contributed by atoms with Crippen molar-refractivity contribution in [2.45, 2.75) is 0 Å². The SMILES string of the molecule is C=C(C(=O)c1ccccc1O)c1cccnc1. The number of carbonyl (C=O) groups excluding carboxylic acids is 1. The number of phenols is 1. The number of phenolic OH excluding ortho intramolecular Hbond substituents is 1. The van der Waals surface area contributed by atoms with Crippen molar-refractivity contribution in [2.75, 3.05) is 0 Å². The van der Waals surface area contributed by atoms with E-state index in [1.807, 2.05) is 0 Å². The second-order valence-corrected chi connectivity index (χ2v) is 3.57. The van der Waals surface area contributed by atoms with Crippen LogP contribution in [0.2, 0.25) is 0 Å². The number of nitrogens with zero attached hydrogens (tertiary/aromatic N) is 1. The number of aromatic hydroxyl groups is 1. The monoisotopic (exact) mass is 225 g/mol. The smallest absolute Gasteiger partial charge is 0.196 e. The van der Waals surface area contributed by atoms with Crippen molar-refractivity contribution in [2.24, 2.45) is 0 Å². The van der Waals surface area contributed by atoms with Crippen molar-refractivity contribution < 1.29 is 9.90 Å². The first-order chi connectivity index (χ1) is 8.20. The molecule has 0 aliphatic carbocycles. The van der Waals surface area contributed by atoms with Crippen LogP contribution < -0.4 is 0 Å². The molecule has 0 fully saturated rings. The zero-order valence-electron chi connectivity index (χ0n) is 9.13. The number of rotatable bonds is 3. The number of carbonyl (C=O) groups is 1. The molecule has 0 saturated carbocycles. The lowest BCUT2D eigenvalue weighted by Gasteiger charge is -2.06. The molecule has 17 heavy (non-hydrogen) atoms. The Balaban J connectivity index is 2.34. The molecule has 0 unspecified atom stereocenters. The van der Waals surface area contributed by atoms with Gasteiger partial charge in [0.1, 0.15) is 5.75 Å². The van der Waals surface area contributed by atoms with Gasteiger partial charge in [-0.15, -0.1) is 0 Å². The summed E-state index contributed by atoms with van der Waals surface area (Å²) in [5.74, 6) is -0.335. The van der Waals surface area contributed by atoms with Crippen molar-refractivity contribution in [3.63, 3.8) is 0 Å². The summed E-state index contributed by atoms with van der Waals surface area (Å²) in [7, 11) is 0. The topological polar surface area (TPSA) is 50.2 Å². The van der Waals surface area contributed by atoms with Gasteiger partial charge in [-0.05, 0) is 18.2 Å².